The molecule has 1 heterocycles. The van der Waals surface area contributed by atoms with Gasteiger partial charge in [0.05, 0.1) is 0 Å². The van der Waals surface area contributed by atoms with Crippen LogP contribution in [0.25, 0.3) is 0 Å². The van der Waals surface area contributed by atoms with E-state index >= 15 is 0 Å². The molecule has 1 unspecified atom stereocenters. The number of aliphatic carboxylic acids is 1. The molecule has 0 bridgehead atoms. The van der Waals surface area contributed by atoms with Gasteiger partial charge in [0, 0.05) is 0 Å². The zero-order valence-electron chi connectivity index (χ0n) is 17.6. The molecule has 0 aromatic heterocycles. The number of carbonyl (C=O) groups is 1. The summed E-state index contributed by atoms with van der Waals surface area (Å²) in [5.41, 5.74) is 3.70. The van der Waals surface area contributed by atoms with Gasteiger partial charge in [-0.15, -0.1) is 0 Å². The quantitative estimate of drug-likeness (QED) is 0.0666. The molecule has 0 aromatic rings. The summed E-state index contributed by atoms with van der Waals surface area (Å²) in [5, 5.41) is 57.9. The van der Waals surface area contributed by atoms with Crippen molar-refractivity contribution in [3.63, 3.8) is 0 Å². The van der Waals surface area contributed by atoms with Gasteiger partial charge in [0.25, 0.3) is 0 Å². The Morgan fingerprint density at radius 1 is 1.12 bits per heavy atom. The van der Waals surface area contributed by atoms with Crippen LogP contribution in [0.3, 0.4) is 0 Å². The minimum atomic E-state index is -4.99. The van der Waals surface area contributed by atoms with Crippen LogP contribution in [-0.4, -0.2) is 132 Å². The van der Waals surface area contributed by atoms with E-state index in [-0.39, 0.29) is 17.0 Å². The van der Waals surface area contributed by atoms with E-state index in [1.165, 1.54) is 0 Å². The molecule has 16 heteroatoms. The van der Waals surface area contributed by atoms with Crippen LogP contribution in [0.5, 0.6) is 0 Å². The van der Waals surface area contributed by atoms with E-state index in [2.05, 4.69) is 4.18 Å². The van der Waals surface area contributed by atoms with E-state index in [0.29, 0.717) is 0 Å². The van der Waals surface area contributed by atoms with Crippen LogP contribution in [0.4, 0.5) is 0 Å². The molecule has 6 N–H and O–H groups in total. The van der Waals surface area contributed by atoms with Gasteiger partial charge < -0.3 is 0 Å². The zero-order chi connectivity index (χ0) is 24.7. The van der Waals surface area contributed by atoms with Gasteiger partial charge in [-0.05, 0) is 0 Å². The van der Waals surface area contributed by atoms with E-state index in [4.69, 9.17) is 19.3 Å². The molecule has 1 fully saturated rings. The molecule has 0 aliphatic carbocycles. The first-order chi connectivity index (χ1) is 14.6. The van der Waals surface area contributed by atoms with Crippen molar-refractivity contribution in [2.24, 2.45) is 0 Å². The molecule has 0 aromatic carbocycles. The Labute approximate surface area is 188 Å². The summed E-state index contributed by atoms with van der Waals surface area (Å²) >= 11 is -2.82. The third kappa shape index (κ3) is 10.7. The topological polar surface area (TPSA) is 233 Å². The molecule has 32 heavy (non-hydrogen) atoms. The number of aliphatic hydroxyl groups excluding tert-OH is 5. The summed E-state index contributed by atoms with van der Waals surface area (Å²) < 4.78 is 50.9. The summed E-state index contributed by atoms with van der Waals surface area (Å²) in [6.45, 7) is -2.35. The maximum atomic E-state index is 11.5. The second-order valence-electron chi connectivity index (χ2n) is 8.00. The number of carboxylic acids is 1. The predicted octanol–water partition coefficient (Wildman–Crippen LogP) is -3.18. The first kappa shape index (κ1) is 29.6. The summed E-state index contributed by atoms with van der Waals surface area (Å²) in [4.78, 5) is 11.5. The Balaban J connectivity index is 2.62. The number of rotatable bonds is 15. The summed E-state index contributed by atoms with van der Waals surface area (Å²) in [5.74, 6) is -1.24. The van der Waals surface area contributed by atoms with Crippen LogP contribution in [0, 0.1) is 0 Å². The second-order valence-corrected chi connectivity index (χ2v) is 18.7. The fraction of sp³-hybridized carbons (Fsp3) is 0.938. The number of ether oxygens (including phenoxy) is 3. The van der Waals surface area contributed by atoms with Crippen molar-refractivity contribution in [3.8, 4) is 0 Å². The third-order valence-electron chi connectivity index (χ3n) is 4.49. The molecule has 14 nitrogen and oxygen atoms in total. The monoisotopic (exact) mass is 554 g/mol. The van der Waals surface area contributed by atoms with Gasteiger partial charge in [-0.25, -0.2) is 0 Å². The summed E-state index contributed by atoms with van der Waals surface area (Å²) in [6, 6.07) is 0. The predicted molar refractivity (Wildman–Crippen MR) is 106 cm³/mol. The van der Waals surface area contributed by atoms with E-state index < -0.39 is 92.7 Å². The van der Waals surface area contributed by atoms with E-state index in [1.54, 1.807) is 0 Å². The zero-order valence-corrected chi connectivity index (χ0v) is 20.3. The van der Waals surface area contributed by atoms with Crippen molar-refractivity contribution < 1.29 is 66.8 Å². The molecule has 1 aliphatic rings. The van der Waals surface area contributed by atoms with Gasteiger partial charge in [0.15, 0.2) is 0 Å². The van der Waals surface area contributed by atoms with Crippen molar-refractivity contribution in [1.82, 2.24) is 0 Å². The van der Waals surface area contributed by atoms with Gasteiger partial charge in [0.2, 0.25) is 0 Å². The Bertz CT molecular complexity index is 688. The standard InChI is InChI=1S/C16H31AsO14S/c1-17(2,4-12(15(23)24)28-6-9(19)5-18)3-11-13(21)14(22)16(31-11)29-7-10(20)8-30-32(25,26)27/h9-14,16,18-22H,3-8H2,1-2H3,(H-,23,24,25,26,27)/t9?,10-,11+,12+,13+,14+,16+/m0/s1. The molecule has 0 saturated carbocycles. The molecular weight excluding hydrogens is 523 g/mol. The molecule has 0 amide bonds. The maximum absolute atomic E-state index is 11.5. The average Bonchev–Trinajstić information content (AvgIpc) is 2.94. The number of hydrogen-bond acceptors (Lipinski definition) is 13. The van der Waals surface area contributed by atoms with Crippen molar-refractivity contribution in [2.45, 2.75) is 64.8 Å². The van der Waals surface area contributed by atoms with Crippen LogP contribution in [-0.2, 0) is 33.6 Å². The fourth-order valence-electron chi connectivity index (χ4n) is 2.91. The van der Waals surface area contributed by atoms with Crippen LogP contribution in [0.2, 0.25) is 21.8 Å². The fourth-order valence-corrected chi connectivity index (χ4v) is 8.66. The normalized spacial score (nSPS) is 27.2. The minimum absolute atomic E-state index is 0.125. The van der Waals surface area contributed by atoms with Crippen molar-refractivity contribution >= 4 is 29.9 Å². The van der Waals surface area contributed by atoms with Gasteiger partial charge >= 0.3 is 188 Å². The van der Waals surface area contributed by atoms with Gasteiger partial charge in [0.1, 0.15) is 0 Å². The Morgan fingerprint density at radius 2 is 1.75 bits per heavy atom. The van der Waals surface area contributed by atoms with E-state index in [0.717, 1.165) is 0 Å². The van der Waals surface area contributed by atoms with Crippen molar-refractivity contribution in [2.75, 3.05) is 26.4 Å². The van der Waals surface area contributed by atoms with Crippen molar-refractivity contribution in [1.29, 1.82) is 0 Å². The number of aliphatic hydroxyl groups is 5. The molecule has 7 atom stereocenters. The SMILES string of the molecule is C[As+](C)(C[C@@H](OCC(O)CO)C(=O)O)C[C@H]1O[C@@H](OC[C@H](O)COS(=O)(=O)[O-])[C@H](O)[C@@H]1O. The molecule has 190 valence electrons. The second kappa shape index (κ2) is 12.9. The molecule has 0 radical (unpaired) electrons. The van der Waals surface area contributed by atoms with Crippen LogP contribution < -0.4 is 0 Å². The number of hydrogen-bond donors (Lipinski definition) is 6. The van der Waals surface area contributed by atoms with Crippen LogP contribution in [0.1, 0.15) is 0 Å². The van der Waals surface area contributed by atoms with Crippen LogP contribution in [0.15, 0.2) is 0 Å². The first-order valence-electron chi connectivity index (χ1n) is 9.52. The van der Waals surface area contributed by atoms with Gasteiger partial charge in [-0.1, -0.05) is 0 Å². The Morgan fingerprint density at radius 3 is 2.28 bits per heavy atom. The van der Waals surface area contributed by atoms with Crippen molar-refractivity contribution in [3.05, 3.63) is 0 Å². The average molecular weight is 554 g/mol. The van der Waals surface area contributed by atoms with Gasteiger partial charge in [-0.3, -0.25) is 0 Å². The molecule has 1 aliphatic heterocycles. The Kier molecular flexibility index (Phi) is 11.9. The van der Waals surface area contributed by atoms with Gasteiger partial charge in [-0.2, -0.15) is 0 Å². The van der Waals surface area contributed by atoms with E-state index in [1.807, 2.05) is 11.4 Å². The first-order valence-corrected chi connectivity index (χ1v) is 17.3. The third-order valence-corrected chi connectivity index (χ3v) is 10.5. The Hall–Kier alpha value is -0.422. The van der Waals surface area contributed by atoms with Crippen LogP contribution >= 0.6 is 0 Å². The summed E-state index contributed by atoms with van der Waals surface area (Å²) in [6.07, 6.45) is -9.06. The molecular formula is C16H31AsO14S. The molecule has 1 rings (SSSR count). The summed E-state index contributed by atoms with van der Waals surface area (Å²) in [7, 11) is -4.99. The molecule has 1 saturated heterocycles. The molecule has 0 spiro atoms. The van der Waals surface area contributed by atoms with E-state index in [9.17, 15) is 43.3 Å². The number of carboxylic acid groups (broad SMARTS) is 1.